The molecular formula is C13H11N3O2. The van der Waals surface area contributed by atoms with Crippen molar-refractivity contribution in [1.82, 2.24) is 15.0 Å². The van der Waals surface area contributed by atoms with Crippen LogP contribution in [0.15, 0.2) is 41.2 Å². The number of benzene rings is 1. The largest absolute Gasteiger partial charge is 0.497 e. The van der Waals surface area contributed by atoms with Gasteiger partial charge in [-0.2, -0.15) is 0 Å². The summed E-state index contributed by atoms with van der Waals surface area (Å²) in [6.07, 6.45) is 0. The minimum Gasteiger partial charge on any atom is -0.497 e. The van der Waals surface area contributed by atoms with Gasteiger partial charge in [-0.15, -0.1) is 0 Å². The second kappa shape index (κ2) is 4.03. The van der Waals surface area contributed by atoms with Gasteiger partial charge in [-0.05, 0) is 18.2 Å². The van der Waals surface area contributed by atoms with E-state index in [1.165, 1.54) is 6.07 Å². The Morgan fingerprint density at radius 1 is 1.17 bits per heavy atom. The average Bonchev–Trinajstić information content (AvgIpc) is 2.81. The molecule has 90 valence electrons. The van der Waals surface area contributed by atoms with Crippen molar-refractivity contribution < 1.29 is 4.74 Å². The molecule has 0 saturated carbocycles. The van der Waals surface area contributed by atoms with Crippen molar-refractivity contribution in [2.75, 3.05) is 7.11 Å². The van der Waals surface area contributed by atoms with Crippen LogP contribution in [0.3, 0.4) is 0 Å². The number of methoxy groups -OCH3 is 1. The first-order valence-corrected chi connectivity index (χ1v) is 5.50. The molecule has 0 atom stereocenters. The highest BCUT2D eigenvalue weighted by molar-refractivity contribution is 5.80. The van der Waals surface area contributed by atoms with Crippen LogP contribution in [0.1, 0.15) is 0 Å². The predicted octanol–water partition coefficient (Wildman–Crippen LogP) is 1.93. The van der Waals surface area contributed by atoms with Gasteiger partial charge < -0.3 is 14.7 Å². The summed E-state index contributed by atoms with van der Waals surface area (Å²) in [5, 5.41) is 0. The minimum absolute atomic E-state index is 0.148. The number of rotatable bonds is 2. The number of hydrogen-bond donors (Lipinski definition) is 2. The molecular weight excluding hydrogens is 230 g/mol. The van der Waals surface area contributed by atoms with Crippen LogP contribution in [-0.4, -0.2) is 22.1 Å². The van der Waals surface area contributed by atoms with Crippen LogP contribution in [0, 0.1) is 0 Å². The highest BCUT2D eigenvalue weighted by Gasteiger charge is 2.06. The molecule has 2 heterocycles. The SMILES string of the molecule is COc1ccc2nc(-c3cccc(=O)[nH]3)[nH]c2c1. The Balaban J connectivity index is 2.16. The summed E-state index contributed by atoms with van der Waals surface area (Å²) in [7, 11) is 1.62. The number of imidazole rings is 1. The van der Waals surface area contributed by atoms with E-state index >= 15 is 0 Å². The number of pyridine rings is 1. The second-order valence-electron chi connectivity index (χ2n) is 3.90. The van der Waals surface area contributed by atoms with Crippen molar-refractivity contribution in [2.45, 2.75) is 0 Å². The first kappa shape index (κ1) is 10.6. The summed E-state index contributed by atoms with van der Waals surface area (Å²) in [5.41, 5.74) is 2.22. The lowest BCUT2D eigenvalue weighted by Crippen LogP contribution is -2.03. The molecule has 0 fully saturated rings. The highest BCUT2D eigenvalue weighted by atomic mass is 16.5. The molecule has 5 heteroatoms. The first-order valence-electron chi connectivity index (χ1n) is 5.50. The Morgan fingerprint density at radius 3 is 2.83 bits per heavy atom. The van der Waals surface area contributed by atoms with E-state index in [4.69, 9.17) is 4.74 Å². The Bertz CT molecular complexity index is 758. The van der Waals surface area contributed by atoms with Crippen LogP contribution in [-0.2, 0) is 0 Å². The number of hydrogen-bond acceptors (Lipinski definition) is 3. The van der Waals surface area contributed by atoms with Crippen molar-refractivity contribution in [2.24, 2.45) is 0 Å². The van der Waals surface area contributed by atoms with E-state index in [1.54, 1.807) is 19.2 Å². The number of aromatic amines is 2. The zero-order valence-electron chi connectivity index (χ0n) is 9.73. The maximum atomic E-state index is 11.3. The topological polar surface area (TPSA) is 70.8 Å². The van der Waals surface area contributed by atoms with Crippen LogP contribution < -0.4 is 10.3 Å². The van der Waals surface area contributed by atoms with Crippen LogP contribution >= 0.6 is 0 Å². The number of ether oxygens (including phenoxy) is 1. The van der Waals surface area contributed by atoms with E-state index in [0.29, 0.717) is 11.5 Å². The fourth-order valence-corrected chi connectivity index (χ4v) is 1.83. The lowest BCUT2D eigenvalue weighted by molar-refractivity contribution is 0.415. The molecule has 5 nitrogen and oxygen atoms in total. The molecule has 0 aliphatic heterocycles. The standard InChI is InChI=1S/C13H11N3O2/c1-18-8-5-6-9-11(7-8)16-13(15-9)10-3-2-4-12(17)14-10/h2-7H,1H3,(H,14,17)(H,15,16). The van der Waals surface area contributed by atoms with E-state index < -0.39 is 0 Å². The van der Waals surface area contributed by atoms with Crippen molar-refractivity contribution in [3.05, 3.63) is 46.8 Å². The smallest absolute Gasteiger partial charge is 0.248 e. The average molecular weight is 241 g/mol. The zero-order valence-corrected chi connectivity index (χ0v) is 9.73. The third-order valence-electron chi connectivity index (χ3n) is 2.71. The fraction of sp³-hybridized carbons (Fsp3) is 0.0769. The summed E-state index contributed by atoms with van der Waals surface area (Å²) >= 11 is 0. The van der Waals surface area contributed by atoms with Crippen LogP contribution in [0.25, 0.3) is 22.6 Å². The highest BCUT2D eigenvalue weighted by Crippen LogP contribution is 2.21. The minimum atomic E-state index is -0.148. The Kier molecular flexibility index (Phi) is 2.37. The monoisotopic (exact) mass is 241 g/mol. The van der Waals surface area contributed by atoms with Crippen molar-refractivity contribution in [3.8, 4) is 17.3 Å². The van der Waals surface area contributed by atoms with Crippen LogP contribution in [0.4, 0.5) is 0 Å². The van der Waals surface area contributed by atoms with Gasteiger partial charge in [0.25, 0.3) is 0 Å². The molecule has 0 aliphatic carbocycles. The number of H-pyrrole nitrogens is 2. The zero-order chi connectivity index (χ0) is 12.5. The lowest BCUT2D eigenvalue weighted by atomic mass is 10.3. The third kappa shape index (κ3) is 1.75. The summed E-state index contributed by atoms with van der Waals surface area (Å²) in [6, 6.07) is 10.6. The van der Waals surface area contributed by atoms with Crippen molar-refractivity contribution in [3.63, 3.8) is 0 Å². The molecule has 0 aliphatic rings. The molecule has 3 rings (SSSR count). The maximum absolute atomic E-state index is 11.3. The van der Waals surface area contributed by atoms with E-state index in [1.807, 2.05) is 18.2 Å². The number of fused-ring (bicyclic) bond motifs is 1. The molecule has 0 unspecified atom stereocenters. The molecule has 2 aromatic heterocycles. The van der Waals surface area contributed by atoms with Gasteiger partial charge in [0.15, 0.2) is 5.82 Å². The van der Waals surface area contributed by atoms with E-state index in [2.05, 4.69) is 15.0 Å². The molecule has 0 bridgehead atoms. The maximum Gasteiger partial charge on any atom is 0.248 e. The molecule has 0 radical (unpaired) electrons. The van der Waals surface area contributed by atoms with Gasteiger partial charge >= 0.3 is 0 Å². The van der Waals surface area contributed by atoms with Crippen molar-refractivity contribution >= 4 is 11.0 Å². The molecule has 2 N–H and O–H groups in total. The van der Waals surface area contributed by atoms with Gasteiger partial charge in [0.1, 0.15) is 5.75 Å². The van der Waals surface area contributed by atoms with Gasteiger partial charge in [-0.25, -0.2) is 4.98 Å². The molecule has 18 heavy (non-hydrogen) atoms. The predicted molar refractivity (Wildman–Crippen MR) is 68.7 cm³/mol. The van der Waals surface area contributed by atoms with Gasteiger partial charge in [0.05, 0.1) is 23.8 Å². The quantitative estimate of drug-likeness (QED) is 0.720. The number of nitrogens with one attached hydrogen (secondary N) is 2. The number of aromatic nitrogens is 3. The summed E-state index contributed by atoms with van der Waals surface area (Å²) < 4.78 is 5.15. The van der Waals surface area contributed by atoms with E-state index in [9.17, 15) is 4.79 Å². The molecule has 3 aromatic rings. The second-order valence-corrected chi connectivity index (χ2v) is 3.90. The van der Waals surface area contributed by atoms with E-state index in [0.717, 1.165) is 16.8 Å². The normalized spacial score (nSPS) is 10.7. The van der Waals surface area contributed by atoms with Gasteiger partial charge in [-0.3, -0.25) is 4.79 Å². The Morgan fingerprint density at radius 2 is 2.06 bits per heavy atom. The third-order valence-corrected chi connectivity index (χ3v) is 2.71. The first-order chi connectivity index (χ1) is 8.76. The van der Waals surface area contributed by atoms with Crippen LogP contribution in [0.5, 0.6) is 5.75 Å². The van der Waals surface area contributed by atoms with Crippen LogP contribution in [0.2, 0.25) is 0 Å². The summed E-state index contributed by atoms with van der Waals surface area (Å²) in [5.74, 6) is 1.40. The molecule has 0 saturated heterocycles. The number of nitrogens with zero attached hydrogens (tertiary/aromatic N) is 1. The van der Waals surface area contributed by atoms with E-state index in [-0.39, 0.29) is 5.56 Å². The molecule has 0 spiro atoms. The summed E-state index contributed by atoms with van der Waals surface area (Å²) in [6.45, 7) is 0. The summed E-state index contributed by atoms with van der Waals surface area (Å²) in [4.78, 5) is 21.6. The van der Waals surface area contributed by atoms with Gasteiger partial charge in [0.2, 0.25) is 5.56 Å². The molecule has 0 amide bonds. The Hall–Kier alpha value is -2.56. The van der Waals surface area contributed by atoms with Gasteiger partial charge in [-0.1, -0.05) is 6.07 Å². The fourth-order valence-electron chi connectivity index (χ4n) is 1.83. The van der Waals surface area contributed by atoms with Crippen molar-refractivity contribution in [1.29, 1.82) is 0 Å². The molecule has 1 aromatic carbocycles. The lowest BCUT2D eigenvalue weighted by Gasteiger charge is -1.96. The Labute approximate surface area is 102 Å². The van der Waals surface area contributed by atoms with Gasteiger partial charge in [0, 0.05) is 12.1 Å².